The van der Waals surface area contributed by atoms with Gasteiger partial charge in [-0.1, -0.05) is 12.1 Å². The predicted octanol–water partition coefficient (Wildman–Crippen LogP) is 3.36. The highest BCUT2D eigenvalue weighted by atomic mass is 16.6. The highest BCUT2D eigenvalue weighted by Gasteiger charge is 2.07. The van der Waals surface area contributed by atoms with E-state index >= 15 is 0 Å². The molecule has 0 saturated carbocycles. The minimum atomic E-state index is -0.473. The number of amides is 1. The van der Waals surface area contributed by atoms with Crippen LogP contribution in [0.1, 0.15) is 29.7 Å². The molecule has 0 spiro atoms. The van der Waals surface area contributed by atoms with Crippen LogP contribution in [0.25, 0.3) is 6.08 Å². The Morgan fingerprint density at radius 1 is 1.21 bits per heavy atom. The van der Waals surface area contributed by atoms with Gasteiger partial charge in [0.1, 0.15) is 0 Å². The lowest BCUT2D eigenvalue weighted by atomic mass is 10.1. The first-order chi connectivity index (χ1) is 11.5. The van der Waals surface area contributed by atoms with Gasteiger partial charge in [-0.15, -0.1) is 0 Å². The van der Waals surface area contributed by atoms with E-state index in [0.717, 1.165) is 5.56 Å². The zero-order chi connectivity index (χ0) is 17.5. The molecular formula is C18H15N3O3. The highest BCUT2D eigenvalue weighted by molar-refractivity contribution is 5.92. The van der Waals surface area contributed by atoms with Crippen molar-refractivity contribution in [2.45, 2.75) is 13.0 Å². The fourth-order valence-electron chi connectivity index (χ4n) is 2.07. The topological polar surface area (TPSA) is 96.0 Å². The first-order valence-electron chi connectivity index (χ1n) is 7.22. The van der Waals surface area contributed by atoms with E-state index in [4.69, 9.17) is 5.26 Å². The molecule has 1 amide bonds. The fraction of sp³-hybridized carbons (Fsp3) is 0.111. The quantitative estimate of drug-likeness (QED) is 0.519. The van der Waals surface area contributed by atoms with Crippen molar-refractivity contribution in [2.75, 3.05) is 0 Å². The number of non-ortho nitro benzene ring substituents is 1. The van der Waals surface area contributed by atoms with Gasteiger partial charge in [-0.2, -0.15) is 5.26 Å². The maximum Gasteiger partial charge on any atom is 0.269 e. The zero-order valence-corrected chi connectivity index (χ0v) is 13.0. The van der Waals surface area contributed by atoms with Gasteiger partial charge in [0.2, 0.25) is 5.91 Å². The first kappa shape index (κ1) is 16.9. The molecule has 0 bridgehead atoms. The molecule has 0 heterocycles. The fourth-order valence-corrected chi connectivity index (χ4v) is 2.07. The lowest BCUT2D eigenvalue weighted by molar-refractivity contribution is -0.384. The number of nitro benzene ring substituents is 1. The van der Waals surface area contributed by atoms with Crippen molar-refractivity contribution in [3.63, 3.8) is 0 Å². The summed E-state index contributed by atoms with van der Waals surface area (Å²) in [5, 5.41) is 22.2. The summed E-state index contributed by atoms with van der Waals surface area (Å²) in [4.78, 5) is 22.0. The van der Waals surface area contributed by atoms with Crippen LogP contribution in [0.2, 0.25) is 0 Å². The van der Waals surface area contributed by atoms with Gasteiger partial charge in [0.15, 0.2) is 0 Å². The van der Waals surface area contributed by atoms with Crippen molar-refractivity contribution in [3.05, 3.63) is 81.4 Å². The second kappa shape index (κ2) is 7.70. The van der Waals surface area contributed by atoms with E-state index in [1.807, 2.05) is 13.0 Å². The molecule has 24 heavy (non-hydrogen) atoms. The van der Waals surface area contributed by atoms with Crippen molar-refractivity contribution in [1.82, 2.24) is 5.32 Å². The standard InChI is InChI=1S/C18H15N3O3/c1-13(16-7-2-15(12-19)3-8-16)20-18(22)11-6-14-4-9-17(10-5-14)21(23)24/h2-11,13H,1H3,(H,20,22)/b11-6+. The average molecular weight is 321 g/mol. The lowest BCUT2D eigenvalue weighted by Crippen LogP contribution is -2.24. The third-order valence-electron chi connectivity index (χ3n) is 3.43. The molecule has 0 radical (unpaired) electrons. The Morgan fingerprint density at radius 3 is 2.38 bits per heavy atom. The molecule has 2 aromatic rings. The molecular weight excluding hydrogens is 306 g/mol. The van der Waals surface area contributed by atoms with Crippen LogP contribution in [0.3, 0.4) is 0 Å². The number of nitrogens with one attached hydrogen (secondary N) is 1. The minimum absolute atomic E-state index is 0.00559. The van der Waals surface area contributed by atoms with Crippen molar-refractivity contribution >= 4 is 17.7 Å². The van der Waals surface area contributed by atoms with Crippen LogP contribution in [-0.4, -0.2) is 10.8 Å². The van der Waals surface area contributed by atoms with E-state index in [9.17, 15) is 14.9 Å². The van der Waals surface area contributed by atoms with Gasteiger partial charge in [-0.3, -0.25) is 14.9 Å². The molecule has 0 aliphatic heterocycles. The van der Waals surface area contributed by atoms with Crippen molar-refractivity contribution in [2.24, 2.45) is 0 Å². The van der Waals surface area contributed by atoms with Crippen molar-refractivity contribution < 1.29 is 9.72 Å². The molecule has 2 aromatic carbocycles. The minimum Gasteiger partial charge on any atom is -0.346 e. The van der Waals surface area contributed by atoms with E-state index in [1.54, 1.807) is 42.5 Å². The maximum atomic E-state index is 11.9. The molecule has 2 rings (SSSR count). The first-order valence-corrected chi connectivity index (χ1v) is 7.22. The van der Waals surface area contributed by atoms with E-state index < -0.39 is 4.92 Å². The molecule has 120 valence electrons. The van der Waals surface area contributed by atoms with Gasteiger partial charge in [0, 0.05) is 18.2 Å². The van der Waals surface area contributed by atoms with Crippen LogP contribution >= 0.6 is 0 Å². The molecule has 0 fully saturated rings. The van der Waals surface area contributed by atoms with E-state index in [-0.39, 0.29) is 17.6 Å². The van der Waals surface area contributed by atoms with Crippen molar-refractivity contribution in [1.29, 1.82) is 5.26 Å². The lowest BCUT2D eigenvalue weighted by Gasteiger charge is -2.12. The average Bonchev–Trinajstić information content (AvgIpc) is 2.60. The van der Waals surface area contributed by atoms with Crippen LogP contribution in [0, 0.1) is 21.4 Å². The Morgan fingerprint density at radius 2 is 1.83 bits per heavy atom. The Kier molecular flexibility index (Phi) is 5.42. The van der Waals surface area contributed by atoms with E-state index in [0.29, 0.717) is 11.1 Å². The third-order valence-corrected chi connectivity index (χ3v) is 3.43. The smallest absolute Gasteiger partial charge is 0.269 e. The van der Waals surface area contributed by atoms with Gasteiger partial charge >= 0.3 is 0 Å². The molecule has 6 heteroatoms. The molecule has 0 aliphatic carbocycles. The summed E-state index contributed by atoms with van der Waals surface area (Å²) >= 11 is 0. The highest BCUT2D eigenvalue weighted by Crippen LogP contribution is 2.14. The van der Waals surface area contributed by atoms with Crippen LogP contribution in [0.4, 0.5) is 5.69 Å². The summed E-state index contributed by atoms with van der Waals surface area (Å²) in [6.07, 6.45) is 2.96. The number of nitrogens with zero attached hydrogens (tertiary/aromatic N) is 2. The van der Waals surface area contributed by atoms with Gasteiger partial charge in [0.05, 0.1) is 22.6 Å². The Labute approximate surface area is 139 Å². The van der Waals surface area contributed by atoms with E-state index in [1.165, 1.54) is 18.2 Å². The largest absolute Gasteiger partial charge is 0.346 e. The summed E-state index contributed by atoms with van der Waals surface area (Å²) in [7, 11) is 0. The van der Waals surface area contributed by atoms with Gasteiger partial charge in [0.25, 0.3) is 5.69 Å². The summed E-state index contributed by atoms with van der Waals surface area (Å²) < 4.78 is 0. The normalized spacial score (nSPS) is 11.7. The second-order valence-electron chi connectivity index (χ2n) is 5.15. The second-order valence-corrected chi connectivity index (χ2v) is 5.15. The maximum absolute atomic E-state index is 11.9. The van der Waals surface area contributed by atoms with Crippen LogP contribution < -0.4 is 5.32 Å². The van der Waals surface area contributed by atoms with Crippen LogP contribution in [0.5, 0.6) is 0 Å². The summed E-state index contributed by atoms with van der Waals surface area (Å²) in [5.41, 5.74) is 2.16. The predicted molar refractivity (Wildman–Crippen MR) is 89.8 cm³/mol. The number of carbonyl (C=O) groups is 1. The molecule has 1 unspecified atom stereocenters. The number of benzene rings is 2. The zero-order valence-electron chi connectivity index (χ0n) is 13.0. The van der Waals surface area contributed by atoms with Gasteiger partial charge in [-0.05, 0) is 48.4 Å². The summed E-state index contributed by atoms with van der Waals surface area (Å²) in [5.74, 6) is -0.273. The summed E-state index contributed by atoms with van der Waals surface area (Å²) in [6.45, 7) is 1.85. The molecule has 6 nitrogen and oxygen atoms in total. The number of nitriles is 1. The number of carbonyl (C=O) groups excluding carboxylic acids is 1. The van der Waals surface area contributed by atoms with E-state index in [2.05, 4.69) is 5.32 Å². The van der Waals surface area contributed by atoms with Crippen LogP contribution in [-0.2, 0) is 4.79 Å². The summed E-state index contributed by atoms with van der Waals surface area (Å²) in [6, 6.07) is 14.8. The third kappa shape index (κ3) is 4.52. The Balaban J connectivity index is 1.96. The molecule has 0 aromatic heterocycles. The number of hydrogen-bond acceptors (Lipinski definition) is 4. The van der Waals surface area contributed by atoms with Gasteiger partial charge < -0.3 is 5.32 Å². The Bertz CT molecular complexity index is 803. The number of hydrogen-bond donors (Lipinski definition) is 1. The van der Waals surface area contributed by atoms with Gasteiger partial charge in [-0.25, -0.2) is 0 Å². The SMILES string of the molecule is CC(NC(=O)/C=C/c1ccc([N+](=O)[O-])cc1)c1ccc(C#N)cc1. The van der Waals surface area contributed by atoms with Crippen LogP contribution in [0.15, 0.2) is 54.6 Å². The Hall–Kier alpha value is -3.46. The molecule has 0 aliphatic rings. The monoisotopic (exact) mass is 321 g/mol. The molecule has 1 N–H and O–H groups in total. The number of nitro groups is 1. The number of rotatable bonds is 5. The van der Waals surface area contributed by atoms with Crippen molar-refractivity contribution in [3.8, 4) is 6.07 Å². The molecule has 1 atom stereocenters. The molecule has 0 saturated heterocycles.